The average molecular weight is 264 g/mol. The first-order chi connectivity index (χ1) is 8.99. The fourth-order valence-corrected chi connectivity index (χ4v) is 1.58. The third-order valence-electron chi connectivity index (χ3n) is 2.60. The predicted molar refractivity (Wildman–Crippen MR) is 66.4 cm³/mol. The summed E-state index contributed by atoms with van der Waals surface area (Å²) in [6.45, 7) is 3.86. The van der Waals surface area contributed by atoms with Gasteiger partial charge in [0.05, 0.1) is 10.6 Å². The third kappa shape index (κ3) is 2.59. The van der Waals surface area contributed by atoms with Gasteiger partial charge in [-0.05, 0) is 13.8 Å². The van der Waals surface area contributed by atoms with Gasteiger partial charge in [0.1, 0.15) is 12.0 Å². The van der Waals surface area contributed by atoms with Crippen molar-refractivity contribution in [2.45, 2.75) is 20.4 Å². The highest BCUT2D eigenvalue weighted by atomic mass is 16.6. The van der Waals surface area contributed by atoms with Crippen molar-refractivity contribution >= 4 is 17.5 Å². The van der Waals surface area contributed by atoms with Gasteiger partial charge in [0.15, 0.2) is 0 Å². The number of hydrogen-bond donors (Lipinski definition) is 2. The van der Waals surface area contributed by atoms with E-state index in [1.165, 1.54) is 0 Å². The van der Waals surface area contributed by atoms with Crippen molar-refractivity contribution in [1.82, 2.24) is 15.1 Å². The van der Waals surface area contributed by atoms with Gasteiger partial charge < -0.3 is 15.6 Å². The minimum Gasteiger partial charge on any atom is -0.368 e. The van der Waals surface area contributed by atoms with Crippen molar-refractivity contribution in [3.8, 4) is 0 Å². The largest absolute Gasteiger partial charge is 0.368 e. The molecule has 100 valence electrons. The molecule has 2 heterocycles. The maximum absolute atomic E-state index is 10.8. The minimum atomic E-state index is -0.574. The molecule has 0 saturated carbocycles. The van der Waals surface area contributed by atoms with E-state index in [-0.39, 0.29) is 17.5 Å². The zero-order valence-corrected chi connectivity index (χ0v) is 10.4. The van der Waals surface area contributed by atoms with Crippen LogP contribution in [0.4, 0.5) is 17.5 Å². The summed E-state index contributed by atoms with van der Waals surface area (Å²) in [6.07, 6.45) is 1.07. The van der Waals surface area contributed by atoms with Crippen molar-refractivity contribution in [2.75, 3.05) is 11.1 Å². The molecular formula is C10H12N6O3. The van der Waals surface area contributed by atoms with E-state index in [0.717, 1.165) is 17.5 Å². The molecular weight excluding hydrogens is 252 g/mol. The quantitative estimate of drug-likeness (QED) is 0.621. The van der Waals surface area contributed by atoms with Crippen LogP contribution in [0.15, 0.2) is 10.7 Å². The maximum Gasteiger partial charge on any atom is 0.329 e. The summed E-state index contributed by atoms with van der Waals surface area (Å²) in [5.74, 6) is 0.680. The molecule has 0 amide bonds. The first-order valence-corrected chi connectivity index (χ1v) is 5.41. The van der Waals surface area contributed by atoms with Gasteiger partial charge in [-0.3, -0.25) is 10.1 Å². The molecule has 2 aromatic rings. The Hall–Kier alpha value is -2.71. The van der Waals surface area contributed by atoms with Crippen LogP contribution in [0.1, 0.15) is 17.0 Å². The van der Waals surface area contributed by atoms with Gasteiger partial charge in [-0.2, -0.15) is 4.98 Å². The highest BCUT2D eigenvalue weighted by Gasteiger charge is 2.17. The molecule has 0 aliphatic rings. The number of aromatic nitrogens is 3. The summed E-state index contributed by atoms with van der Waals surface area (Å²) in [4.78, 5) is 17.7. The Bertz CT molecular complexity index is 604. The molecule has 0 unspecified atom stereocenters. The van der Waals surface area contributed by atoms with Crippen molar-refractivity contribution < 1.29 is 9.45 Å². The Labute approximate surface area is 108 Å². The predicted octanol–water partition coefficient (Wildman–Crippen LogP) is 1.18. The smallest absolute Gasteiger partial charge is 0.329 e. The number of rotatable bonds is 4. The van der Waals surface area contributed by atoms with Gasteiger partial charge in [0, 0.05) is 12.1 Å². The number of nitrogens with zero attached hydrogens (tertiary/aromatic N) is 4. The van der Waals surface area contributed by atoms with Crippen LogP contribution >= 0.6 is 0 Å². The Morgan fingerprint density at radius 3 is 2.84 bits per heavy atom. The van der Waals surface area contributed by atoms with E-state index in [1.54, 1.807) is 13.8 Å². The van der Waals surface area contributed by atoms with Crippen molar-refractivity contribution in [1.29, 1.82) is 0 Å². The monoisotopic (exact) mass is 264 g/mol. The Kier molecular flexibility index (Phi) is 3.27. The lowest BCUT2D eigenvalue weighted by atomic mass is 10.2. The molecule has 2 rings (SSSR count). The summed E-state index contributed by atoms with van der Waals surface area (Å²) in [5, 5.41) is 17.5. The summed E-state index contributed by atoms with van der Waals surface area (Å²) in [6, 6.07) is 0. The van der Waals surface area contributed by atoms with E-state index >= 15 is 0 Å². The van der Waals surface area contributed by atoms with Crippen LogP contribution in [0, 0.1) is 24.0 Å². The number of anilines is 2. The Balaban J connectivity index is 2.24. The van der Waals surface area contributed by atoms with Crippen LogP contribution in [-0.2, 0) is 6.54 Å². The highest BCUT2D eigenvalue weighted by Crippen LogP contribution is 2.22. The summed E-state index contributed by atoms with van der Waals surface area (Å²) in [7, 11) is 0. The van der Waals surface area contributed by atoms with Gasteiger partial charge in [-0.15, -0.1) is 0 Å². The number of nitrogens with one attached hydrogen (secondary N) is 1. The molecule has 0 radical (unpaired) electrons. The zero-order chi connectivity index (χ0) is 14.0. The second kappa shape index (κ2) is 4.88. The number of nitrogens with two attached hydrogens (primary N) is 1. The van der Waals surface area contributed by atoms with Gasteiger partial charge in [0.2, 0.25) is 11.8 Å². The summed E-state index contributed by atoms with van der Waals surface area (Å²) >= 11 is 0. The molecule has 19 heavy (non-hydrogen) atoms. The van der Waals surface area contributed by atoms with Crippen molar-refractivity contribution in [3.63, 3.8) is 0 Å². The highest BCUT2D eigenvalue weighted by molar-refractivity contribution is 5.56. The number of nitrogen functional groups attached to an aromatic ring is 1. The molecule has 0 aromatic carbocycles. The zero-order valence-electron chi connectivity index (χ0n) is 10.4. The maximum atomic E-state index is 10.8. The van der Waals surface area contributed by atoms with Crippen LogP contribution < -0.4 is 11.1 Å². The summed E-state index contributed by atoms with van der Waals surface area (Å²) in [5.41, 5.74) is 6.73. The molecule has 0 aliphatic carbocycles. The van der Waals surface area contributed by atoms with E-state index in [2.05, 4.69) is 20.4 Å². The van der Waals surface area contributed by atoms with E-state index in [1.807, 2.05) is 0 Å². The van der Waals surface area contributed by atoms with Gasteiger partial charge in [-0.1, -0.05) is 5.16 Å². The van der Waals surface area contributed by atoms with E-state index < -0.39 is 4.92 Å². The lowest BCUT2D eigenvalue weighted by Crippen LogP contribution is -2.08. The fourth-order valence-electron chi connectivity index (χ4n) is 1.58. The third-order valence-corrected chi connectivity index (χ3v) is 2.60. The van der Waals surface area contributed by atoms with Crippen LogP contribution in [0.5, 0.6) is 0 Å². The first kappa shape index (κ1) is 12.7. The molecule has 9 nitrogen and oxygen atoms in total. The van der Waals surface area contributed by atoms with E-state index in [0.29, 0.717) is 12.3 Å². The average Bonchev–Trinajstić information content (AvgIpc) is 2.66. The lowest BCUT2D eigenvalue weighted by molar-refractivity contribution is -0.384. The molecule has 9 heteroatoms. The number of hydrogen-bond acceptors (Lipinski definition) is 8. The van der Waals surface area contributed by atoms with Crippen molar-refractivity contribution in [3.05, 3.63) is 33.3 Å². The van der Waals surface area contributed by atoms with Gasteiger partial charge in [-0.25, -0.2) is 4.98 Å². The van der Waals surface area contributed by atoms with E-state index in [4.69, 9.17) is 10.3 Å². The van der Waals surface area contributed by atoms with Crippen LogP contribution in [0.2, 0.25) is 0 Å². The van der Waals surface area contributed by atoms with Crippen LogP contribution in [0.25, 0.3) is 0 Å². The lowest BCUT2D eigenvalue weighted by Gasteiger charge is -2.05. The fraction of sp³-hybridized carbons (Fsp3) is 0.300. The molecule has 0 bridgehead atoms. The number of aryl methyl sites for hydroxylation is 2. The molecule has 0 fully saturated rings. The Morgan fingerprint density at radius 2 is 2.26 bits per heavy atom. The molecule has 0 spiro atoms. The number of nitro groups is 1. The molecule has 2 aromatic heterocycles. The van der Waals surface area contributed by atoms with Crippen LogP contribution in [0.3, 0.4) is 0 Å². The van der Waals surface area contributed by atoms with Gasteiger partial charge >= 0.3 is 5.69 Å². The molecule has 3 N–H and O–H groups in total. The Morgan fingerprint density at radius 1 is 1.53 bits per heavy atom. The first-order valence-electron chi connectivity index (χ1n) is 5.41. The summed E-state index contributed by atoms with van der Waals surface area (Å²) < 4.78 is 5.00. The van der Waals surface area contributed by atoms with Gasteiger partial charge in [0.25, 0.3) is 0 Å². The SMILES string of the molecule is Cc1noc(C)c1CNc1nc(N)ncc1[N+](=O)[O-]. The van der Waals surface area contributed by atoms with Crippen molar-refractivity contribution in [2.24, 2.45) is 0 Å². The topological polar surface area (TPSA) is 133 Å². The normalized spacial score (nSPS) is 10.4. The van der Waals surface area contributed by atoms with Crippen LogP contribution in [-0.4, -0.2) is 20.0 Å². The molecule has 0 aliphatic heterocycles. The van der Waals surface area contributed by atoms with E-state index in [9.17, 15) is 10.1 Å². The standard InChI is InChI=1S/C10H12N6O3/c1-5-7(6(2)19-15-5)3-12-9-8(16(17)18)4-13-10(11)14-9/h4H,3H2,1-2H3,(H3,11,12,13,14). The minimum absolute atomic E-state index is 0.0353. The molecule has 0 atom stereocenters. The molecule has 0 saturated heterocycles. The second-order valence-electron chi connectivity index (χ2n) is 3.88. The second-order valence-corrected chi connectivity index (χ2v) is 3.88.